The van der Waals surface area contributed by atoms with Crippen molar-refractivity contribution in [3.8, 4) is 6.07 Å². The van der Waals surface area contributed by atoms with Crippen LogP contribution in [0.25, 0.3) is 10.2 Å². The first kappa shape index (κ1) is 9.59. The molecule has 4 nitrogen and oxygen atoms in total. The maximum atomic E-state index is 8.55. The maximum absolute atomic E-state index is 8.55. The highest BCUT2D eigenvalue weighted by molar-refractivity contribution is 7.13. The van der Waals surface area contributed by atoms with Crippen LogP contribution in [0.3, 0.4) is 0 Å². The fraction of sp³-hybridized carbons (Fsp3) is 0.143. The maximum Gasteiger partial charge on any atom is 0.225 e. The second-order valence-corrected chi connectivity index (χ2v) is 3.88. The summed E-state index contributed by atoms with van der Waals surface area (Å²) >= 11 is 12.6. The summed E-state index contributed by atoms with van der Waals surface area (Å²) in [5, 5.41) is 9.52. The molecule has 0 saturated heterocycles. The lowest BCUT2D eigenvalue weighted by Gasteiger charge is -1.94. The molecule has 0 aliphatic heterocycles. The van der Waals surface area contributed by atoms with Gasteiger partial charge in [0.1, 0.15) is 9.98 Å². The van der Waals surface area contributed by atoms with Crippen LogP contribution < -0.4 is 0 Å². The van der Waals surface area contributed by atoms with Gasteiger partial charge < -0.3 is 0 Å². The number of halogens is 2. The van der Waals surface area contributed by atoms with E-state index in [9.17, 15) is 0 Å². The molecule has 14 heavy (non-hydrogen) atoms. The van der Waals surface area contributed by atoms with E-state index in [1.165, 1.54) is 0 Å². The summed E-state index contributed by atoms with van der Waals surface area (Å²) < 4.78 is 4.06. The fourth-order valence-electron chi connectivity index (χ4n) is 1.04. The molecule has 0 aromatic carbocycles. The molecule has 0 bridgehead atoms. The largest absolute Gasteiger partial charge is 0.225 e. The number of nitriles is 1. The molecule has 0 radical (unpaired) electrons. The Morgan fingerprint density at radius 3 is 2.86 bits per heavy atom. The van der Waals surface area contributed by atoms with Gasteiger partial charge in [0.25, 0.3) is 0 Å². The van der Waals surface area contributed by atoms with Crippen LogP contribution >= 0.6 is 34.7 Å². The lowest BCUT2D eigenvalue weighted by atomic mass is 10.2. The van der Waals surface area contributed by atoms with Crippen molar-refractivity contribution in [1.29, 1.82) is 5.26 Å². The standard InChI is InChI=1S/C7H2Cl2N4S/c8-5-4-3(1-2-10)13-14-6(4)12-7(9)11-5/h1H2. The Morgan fingerprint density at radius 2 is 2.14 bits per heavy atom. The molecule has 0 N–H and O–H groups in total. The van der Waals surface area contributed by atoms with Crippen LogP contribution in [-0.4, -0.2) is 14.3 Å². The highest BCUT2D eigenvalue weighted by atomic mass is 35.5. The monoisotopic (exact) mass is 244 g/mol. The first-order chi connectivity index (χ1) is 6.72. The normalized spacial score (nSPS) is 10.4. The summed E-state index contributed by atoms with van der Waals surface area (Å²) in [6.07, 6.45) is 0.199. The van der Waals surface area contributed by atoms with E-state index in [1.54, 1.807) is 0 Å². The van der Waals surface area contributed by atoms with Crippen LogP contribution in [-0.2, 0) is 6.42 Å². The van der Waals surface area contributed by atoms with Gasteiger partial charge in [-0.25, -0.2) is 9.97 Å². The molecule has 0 atom stereocenters. The van der Waals surface area contributed by atoms with E-state index in [0.29, 0.717) is 15.9 Å². The third-order valence-electron chi connectivity index (χ3n) is 1.58. The van der Waals surface area contributed by atoms with E-state index in [0.717, 1.165) is 11.5 Å². The molecule has 2 aromatic heterocycles. The predicted octanol–water partition coefficient (Wildman–Crippen LogP) is 2.46. The number of rotatable bonds is 1. The highest BCUT2D eigenvalue weighted by Crippen LogP contribution is 2.28. The number of hydrogen-bond acceptors (Lipinski definition) is 5. The van der Waals surface area contributed by atoms with Crippen LogP contribution in [0, 0.1) is 11.3 Å². The van der Waals surface area contributed by atoms with Gasteiger partial charge in [-0.05, 0) is 23.1 Å². The second kappa shape index (κ2) is 3.65. The van der Waals surface area contributed by atoms with Gasteiger partial charge in [0.05, 0.1) is 23.6 Å². The van der Waals surface area contributed by atoms with Crippen LogP contribution in [0.2, 0.25) is 10.4 Å². The zero-order valence-corrected chi connectivity index (χ0v) is 8.99. The van der Waals surface area contributed by atoms with Gasteiger partial charge in [-0.1, -0.05) is 11.6 Å². The summed E-state index contributed by atoms with van der Waals surface area (Å²) in [6.45, 7) is 0. The van der Waals surface area contributed by atoms with Crippen molar-refractivity contribution in [2.75, 3.05) is 0 Å². The van der Waals surface area contributed by atoms with Crippen molar-refractivity contribution >= 4 is 45.0 Å². The summed E-state index contributed by atoms with van der Waals surface area (Å²) in [5.74, 6) is 0. The molecule has 7 heteroatoms. The third-order valence-corrected chi connectivity index (χ3v) is 2.80. The van der Waals surface area contributed by atoms with Gasteiger partial charge in [0, 0.05) is 0 Å². The van der Waals surface area contributed by atoms with Gasteiger partial charge in [0.2, 0.25) is 5.28 Å². The second-order valence-electron chi connectivity index (χ2n) is 2.43. The first-order valence-corrected chi connectivity index (χ1v) is 5.09. The van der Waals surface area contributed by atoms with E-state index in [-0.39, 0.29) is 16.9 Å². The zero-order valence-electron chi connectivity index (χ0n) is 6.66. The molecule has 0 fully saturated rings. The smallest absolute Gasteiger partial charge is 0.205 e. The van der Waals surface area contributed by atoms with E-state index in [1.807, 2.05) is 6.07 Å². The minimum Gasteiger partial charge on any atom is -0.205 e. The van der Waals surface area contributed by atoms with Crippen LogP contribution in [0.15, 0.2) is 0 Å². The average molecular weight is 245 g/mol. The molecule has 0 aliphatic rings. The molecular formula is C7H2Cl2N4S. The molecule has 0 unspecified atom stereocenters. The van der Waals surface area contributed by atoms with Gasteiger partial charge in [-0.2, -0.15) is 9.64 Å². The quantitative estimate of drug-likeness (QED) is 0.571. The molecule has 0 amide bonds. The molecule has 0 saturated carbocycles. The highest BCUT2D eigenvalue weighted by Gasteiger charge is 2.12. The number of nitrogens with zero attached hydrogens (tertiary/aromatic N) is 4. The van der Waals surface area contributed by atoms with Crippen molar-refractivity contribution in [3.63, 3.8) is 0 Å². The minimum absolute atomic E-state index is 0.0923. The van der Waals surface area contributed by atoms with Gasteiger partial charge in [0.15, 0.2) is 0 Å². The fourth-order valence-corrected chi connectivity index (χ4v) is 2.42. The SMILES string of the molecule is N#CCc1nsc2nc(Cl)nc(Cl)c12. The number of fused-ring (bicyclic) bond motifs is 1. The molecule has 0 spiro atoms. The topological polar surface area (TPSA) is 62.5 Å². The molecule has 0 aliphatic carbocycles. The number of hydrogen-bond donors (Lipinski definition) is 0. The van der Waals surface area contributed by atoms with Crippen molar-refractivity contribution in [3.05, 3.63) is 16.1 Å². The first-order valence-electron chi connectivity index (χ1n) is 3.56. The Kier molecular flexibility index (Phi) is 2.50. The lowest BCUT2D eigenvalue weighted by molar-refractivity contribution is 1.19. The van der Waals surface area contributed by atoms with Crippen molar-refractivity contribution in [1.82, 2.24) is 14.3 Å². The molecular weight excluding hydrogens is 243 g/mol. The van der Waals surface area contributed by atoms with Crippen molar-refractivity contribution in [2.24, 2.45) is 0 Å². The predicted molar refractivity (Wildman–Crippen MR) is 54.5 cm³/mol. The summed E-state index contributed by atoms with van der Waals surface area (Å²) in [5.41, 5.74) is 0.606. The Bertz CT molecular complexity index is 530. The summed E-state index contributed by atoms with van der Waals surface area (Å²) in [6, 6.07) is 2.00. The van der Waals surface area contributed by atoms with E-state index >= 15 is 0 Å². The molecule has 2 heterocycles. The van der Waals surface area contributed by atoms with Crippen molar-refractivity contribution < 1.29 is 0 Å². The van der Waals surface area contributed by atoms with Gasteiger partial charge >= 0.3 is 0 Å². The molecule has 2 aromatic rings. The molecule has 2 rings (SSSR count). The molecule has 70 valence electrons. The Morgan fingerprint density at radius 1 is 1.36 bits per heavy atom. The Balaban J connectivity index is 2.74. The Labute approximate surface area is 93.3 Å². The lowest BCUT2D eigenvalue weighted by Crippen LogP contribution is -1.87. The van der Waals surface area contributed by atoms with Gasteiger partial charge in [-0.3, -0.25) is 0 Å². The van der Waals surface area contributed by atoms with E-state index in [4.69, 9.17) is 28.5 Å². The van der Waals surface area contributed by atoms with E-state index < -0.39 is 0 Å². The number of aromatic nitrogens is 3. The zero-order chi connectivity index (χ0) is 10.1. The van der Waals surface area contributed by atoms with E-state index in [2.05, 4.69) is 14.3 Å². The van der Waals surface area contributed by atoms with Crippen molar-refractivity contribution in [2.45, 2.75) is 6.42 Å². The van der Waals surface area contributed by atoms with Crippen LogP contribution in [0.4, 0.5) is 0 Å². The summed E-state index contributed by atoms with van der Waals surface area (Å²) in [7, 11) is 0. The minimum atomic E-state index is 0.0923. The summed E-state index contributed by atoms with van der Waals surface area (Å²) in [4.78, 5) is 8.36. The Hall–Kier alpha value is -0.960. The average Bonchev–Trinajstić information content (AvgIpc) is 2.49. The van der Waals surface area contributed by atoms with Gasteiger partial charge in [-0.15, -0.1) is 0 Å². The third kappa shape index (κ3) is 1.52. The van der Waals surface area contributed by atoms with Crippen LogP contribution in [0.1, 0.15) is 5.69 Å². The van der Waals surface area contributed by atoms with Crippen LogP contribution in [0.5, 0.6) is 0 Å².